The minimum Gasteiger partial charge on any atom is -0.494 e. The molecule has 1 aromatic carbocycles. The lowest BCUT2D eigenvalue weighted by molar-refractivity contribution is -0.130. The number of hydrogen-bond donors (Lipinski definition) is 1. The fourth-order valence-corrected chi connectivity index (χ4v) is 3.14. The fraction of sp³-hybridized carbons (Fsp3) is 0.294. The highest BCUT2D eigenvalue weighted by molar-refractivity contribution is 7.71. The normalized spacial score (nSPS) is 16.8. The van der Waals surface area contributed by atoms with Crippen LogP contribution in [0.3, 0.4) is 0 Å². The van der Waals surface area contributed by atoms with E-state index in [2.05, 4.69) is 5.10 Å². The standard InChI is InChI=1S/C17H18N4O3S/c1-10(22)21-13(11-7-5-4-6-8-11)9-12(18-21)14-15(23)19(2)17(25)20(3)16(14)24/h4-8,13,23H,9H2,1-3H3/t13-/m0/s1. The second-order valence-corrected chi connectivity index (χ2v) is 6.31. The number of amides is 1. The maximum absolute atomic E-state index is 12.6. The third-order valence-corrected chi connectivity index (χ3v) is 4.89. The predicted molar refractivity (Wildman–Crippen MR) is 96.0 cm³/mol. The van der Waals surface area contributed by atoms with Crippen LogP contribution in [0.2, 0.25) is 0 Å². The highest BCUT2D eigenvalue weighted by Crippen LogP contribution is 2.33. The number of carbonyl (C=O) groups excluding carboxylic acids is 1. The highest BCUT2D eigenvalue weighted by Gasteiger charge is 2.34. The summed E-state index contributed by atoms with van der Waals surface area (Å²) in [5.74, 6) is -0.478. The van der Waals surface area contributed by atoms with Crippen molar-refractivity contribution in [2.45, 2.75) is 19.4 Å². The first-order valence-electron chi connectivity index (χ1n) is 7.74. The largest absolute Gasteiger partial charge is 0.494 e. The molecule has 0 radical (unpaired) electrons. The quantitative estimate of drug-likeness (QED) is 0.831. The fourth-order valence-electron chi connectivity index (χ4n) is 2.97. The van der Waals surface area contributed by atoms with Crippen LogP contribution in [-0.2, 0) is 18.9 Å². The Morgan fingerprint density at radius 3 is 2.48 bits per heavy atom. The van der Waals surface area contributed by atoms with Gasteiger partial charge in [-0.3, -0.25) is 18.7 Å². The Labute approximate surface area is 149 Å². The van der Waals surface area contributed by atoms with Gasteiger partial charge >= 0.3 is 0 Å². The molecule has 1 N–H and O–H groups in total. The second-order valence-electron chi connectivity index (χ2n) is 5.95. The average molecular weight is 358 g/mol. The van der Waals surface area contributed by atoms with Crippen molar-refractivity contribution < 1.29 is 9.90 Å². The molecule has 2 aromatic rings. The van der Waals surface area contributed by atoms with Gasteiger partial charge in [0.15, 0.2) is 4.77 Å². The van der Waals surface area contributed by atoms with E-state index >= 15 is 0 Å². The molecule has 0 saturated carbocycles. The zero-order valence-electron chi connectivity index (χ0n) is 14.1. The van der Waals surface area contributed by atoms with Gasteiger partial charge in [-0.15, -0.1) is 0 Å². The van der Waals surface area contributed by atoms with Crippen molar-refractivity contribution in [3.63, 3.8) is 0 Å². The number of rotatable bonds is 2. The molecule has 130 valence electrons. The lowest BCUT2D eigenvalue weighted by Crippen LogP contribution is -2.28. The minimum absolute atomic E-state index is 0.0725. The van der Waals surface area contributed by atoms with E-state index in [4.69, 9.17) is 12.2 Å². The van der Waals surface area contributed by atoms with Gasteiger partial charge in [0.1, 0.15) is 5.56 Å². The van der Waals surface area contributed by atoms with Crippen LogP contribution in [0.1, 0.15) is 30.5 Å². The Morgan fingerprint density at radius 2 is 1.88 bits per heavy atom. The van der Waals surface area contributed by atoms with E-state index in [-0.39, 0.29) is 28.2 Å². The molecular formula is C17H18N4O3S. The van der Waals surface area contributed by atoms with Gasteiger partial charge in [-0.2, -0.15) is 5.10 Å². The molecule has 0 saturated heterocycles. The van der Waals surface area contributed by atoms with Gasteiger partial charge in [-0.25, -0.2) is 5.01 Å². The average Bonchev–Trinajstić information content (AvgIpc) is 3.04. The van der Waals surface area contributed by atoms with E-state index < -0.39 is 5.56 Å². The van der Waals surface area contributed by atoms with Gasteiger partial charge in [-0.05, 0) is 17.8 Å². The van der Waals surface area contributed by atoms with Crippen molar-refractivity contribution in [1.29, 1.82) is 0 Å². The lowest BCUT2D eigenvalue weighted by Gasteiger charge is -2.20. The maximum atomic E-state index is 12.6. The molecule has 25 heavy (non-hydrogen) atoms. The maximum Gasteiger partial charge on any atom is 0.267 e. The van der Waals surface area contributed by atoms with Crippen LogP contribution in [-0.4, -0.2) is 30.9 Å². The summed E-state index contributed by atoms with van der Waals surface area (Å²) >= 11 is 5.13. The van der Waals surface area contributed by atoms with Crippen molar-refractivity contribution in [3.05, 3.63) is 56.6 Å². The Balaban J connectivity index is 2.14. The Bertz CT molecular complexity index is 991. The minimum atomic E-state index is -0.434. The summed E-state index contributed by atoms with van der Waals surface area (Å²) in [6.45, 7) is 1.42. The molecule has 1 atom stereocenters. The van der Waals surface area contributed by atoms with E-state index in [1.165, 1.54) is 21.1 Å². The zero-order valence-corrected chi connectivity index (χ0v) is 14.9. The van der Waals surface area contributed by atoms with Crippen LogP contribution in [0.15, 0.2) is 40.2 Å². The summed E-state index contributed by atoms with van der Waals surface area (Å²) in [5, 5.41) is 16.1. The first-order chi connectivity index (χ1) is 11.8. The molecular weight excluding hydrogens is 340 g/mol. The molecule has 1 aliphatic heterocycles. The molecule has 0 bridgehead atoms. The predicted octanol–water partition coefficient (Wildman–Crippen LogP) is 1.86. The van der Waals surface area contributed by atoms with Crippen LogP contribution in [0.4, 0.5) is 0 Å². The summed E-state index contributed by atoms with van der Waals surface area (Å²) in [5.41, 5.74) is 0.921. The molecule has 0 spiro atoms. The van der Waals surface area contributed by atoms with E-state index in [0.29, 0.717) is 12.1 Å². The van der Waals surface area contributed by atoms with Crippen molar-refractivity contribution in [2.24, 2.45) is 19.2 Å². The number of benzene rings is 1. The molecule has 3 rings (SSSR count). The first-order valence-corrected chi connectivity index (χ1v) is 8.15. The monoisotopic (exact) mass is 358 g/mol. The molecule has 1 aromatic heterocycles. The molecule has 2 heterocycles. The molecule has 0 aliphatic carbocycles. The summed E-state index contributed by atoms with van der Waals surface area (Å²) in [6, 6.07) is 9.16. The summed E-state index contributed by atoms with van der Waals surface area (Å²) in [6.07, 6.45) is 0.336. The van der Waals surface area contributed by atoms with Gasteiger partial charge in [0, 0.05) is 27.4 Å². The Hall–Kier alpha value is -2.74. The van der Waals surface area contributed by atoms with Crippen LogP contribution in [0.5, 0.6) is 5.88 Å². The van der Waals surface area contributed by atoms with Crippen LogP contribution in [0.25, 0.3) is 0 Å². The number of aromatic nitrogens is 2. The smallest absolute Gasteiger partial charge is 0.267 e. The Morgan fingerprint density at radius 1 is 1.24 bits per heavy atom. The molecule has 0 fully saturated rings. The van der Waals surface area contributed by atoms with Gasteiger partial charge < -0.3 is 5.11 Å². The summed E-state index contributed by atoms with van der Waals surface area (Å²) < 4.78 is 2.83. The van der Waals surface area contributed by atoms with Gasteiger partial charge in [0.05, 0.1) is 11.8 Å². The van der Waals surface area contributed by atoms with Crippen molar-refractivity contribution in [3.8, 4) is 5.88 Å². The summed E-state index contributed by atoms with van der Waals surface area (Å²) in [7, 11) is 3.12. The number of nitrogens with zero attached hydrogens (tertiary/aromatic N) is 4. The van der Waals surface area contributed by atoms with Gasteiger partial charge in [0.25, 0.3) is 5.56 Å². The first kappa shape index (κ1) is 17.1. The number of aromatic hydroxyl groups is 1. The number of hydrogen-bond acceptors (Lipinski definition) is 5. The molecule has 1 aliphatic rings. The van der Waals surface area contributed by atoms with Crippen molar-refractivity contribution in [2.75, 3.05) is 0 Å². The molecule has 7 nitrogen and oxygen atoms in total. The van der Waals surface area contributed by atoms with Crippen LogP contribution >= 0.6 is 12.2 Å². The third-order valence-electron chi connectivity index (χ3n) is 4.34. The van der Waals surface area contributed by atoms with Crippen LogP contribution in [0, 0.1) is 4.77 Å². The van der Waals surface area contributed by atoms with E-state index in [1.807, 2.05) is 30.3 Å². The van der Waals surface area contributed by atoms with Crippen molar-refractivity contribution >= 4 is 23.8 Å². The molecule has 0 unspecified atom stereocenters. The van der Waals surface area contributed by atoms with E-state index in [9.17, 15) is 14.7 Å². The van der Waals surface area contributed by atoms with Gasteiger partial charge in [-0.1, -0.05) is 30.3 Å². The SMILES string of the molecule is CC(=O)N1N=C(c2c(O)n(C)c(=S)n(C)c2=O)C[C@H]1c1ccccc1. The second kappa shape index (κ2) is 6.29. The van der Waals surface area contributed by atoms with E-state index in [0.717, 1.165) is 5.56 Å². The number of hydrazone groups is 1. The lowest BCUT2D eigenvalue weighted by atomic mass is 9.99. The Kier molecular flexibility index (Phi) is 4.30. The zero-order chi connectivity index (χ0) is 18.3. The van der Waals surface area contributed by atoms with Crippen molar-refractivity contribution in [1.82, 2.24) is 14.1 Å². The van der Waals surface area contributed by atoms with E-state index in [1.54, 1.807) is 14.1 Å². The number of carbonyl (C=O) groups is 1. The highest BCUT2D eigenvalue weighted by atomic mass is 32.1. The van der Waals surface area contributed by atoms with Gasteiger partial charge in [0.2, 0.25) is 11.8 Å². The summed E-state index contributed by atoms with van der Waals surface area (Å²) in [4.78, 5) is 24.6. The third kappa shape index (κ3) is 2.78. The topological polar surface area (TPSA) is 79.8 Å². The molecule has 1 amide bonds. The molecule has 8 heteroatoms. The van der Waals surface area contributed by atoms with Crippen LogP contribution < -0.4 is 5.56 Å².